The van der Waals surface area contributed by atoms with E-state index in [1.807, 2.05) is 0 Å². The van der Waals surface area contributed by atoms with Gasteiger partial charge in [0.05, 0.1) is 0 Å². The van der Waals surface area contributed by atoms with Gasteiger partial charge in [-0.2, -0.15) is 0 Å². The smallest absolute Gasteiger partial charge is 0.00796 e. The Morgan fingerprint density at radius 3 is 2.69 bits per heavy atom. The van der Waals surface area contributed by atoms with Gasteiger partial charge in [-0.15, -0.1) is 0 Å². The monoisotopic (exact) mass is 226 g/mol. The summed E-state index contributed by atoms with van der Waals surface area (Å²) in [6, 6.07) is 0.778. The van der Waals surface area contributed by atoms with Gasteiger partial charge < -0.3 is 10.6 Å². The molecule has 0 aromatic carbocycles. The fourth-order valence-electron chi connectivity index (χ4n) is 2.88. The standard InChI is InChI=1S/C14H30N2/c1-12(2)10-14(3,4)11-15-9-7-13-6-5-8-16-13/h12-13,15-16H,5-11H2,1-4H3. The molecule has 1 aliphatic heterocycles. The Labute approximate surface area is 102 Å². The Morgan fingerprint density at radius 2 is 2.12 bits per heavy atom. The first kappa shape index (κ1) is 14.0. The molecule has 0 spiro atoms. The Hall–Kier alpha value is -0.0800. The summed E-state index contributed by atoms with van der Waals surface area (Å²) < 4.78 is 0. The van der Waals surface area contributed by atoms with Crippen LogP contribution in [0.4, 0.5) is 0 Å². The molecule has 1 unspecified atom stereocenters. The van der Waals surface area contributed by atoms with Crippen molar-refractivity contribution in [3.8, 4) is 0 Å². The third-order valence-electron chi connectivity index (χ3n) is 3.40. The number of rotatable bonds is 7. The molecule has 1 atom stereocenters. The van der Waals surface area contributed by atoms with Crippen LogP contribution in [-0.4, -0.2) is 25.7 Å². The highest BCUT2D eigenvalue weighted by molar-refractivity contribution is 4.77. The summed E-state index contributed by atoms with van der Waals surface area (Å²) in [4.78, 5) is 0. The highest BCUT2D eigenvalue weighted by atomic mass is 14.9. The average Bonchev–Trinajstić information content (AvgIpc) is 2.62. The van der Waals surface area contributed by atoms with Crippen molar-refractivity contribution in [2.24, 2.45) is 11.3 Å². The van der Waals surface area contributed by atoms with E-state index in [0.29, 0.717) is 5.41 Å². The minimum Gasteiger partial charge on any atom is -0.316 e. The van der Waals surface area contributed by atoms with Crippen molar-refractivity contribution < 1.29 is 0 Å². The predicted molar refractivity (Wildman–Crippen MR) is 71.7 cm³/mol. The molecule has 0 aliphatic carbocycles. The van der Waals surface area contributed by atoms with Gasteiger partial charge in [-0.3, -0.25) is 0 Å². The van der Waals surface area contributed by atoms with Crippen LogP contribution in [-0.2, 0) is 0 Å². The van der Waals surface area contributed by atoms with Crippen molar-refractivity contribution in [3.63, 3.8) is 0 Å². The Balaban J connectivity index is 2.04. The molecular formula is C14H30N2. The van der Waals surface area contributed by atoms with Crippen LogP contribution in [0.25, 0.3) is 0 Å². The van der Waals surface area contributed by atoms with Crippen molar-refractivity contribution in [2.75, 3.05) is 19.6 Å². The normalized spacial score (nSPS) is 21.9. The van der Waals surface area contributed by atoms with Crippen molar-refractivity contribution in [1.82, 2.24) is 10.6 Å². The summed E-state index contributed by atoms with van der Waals surface area (Å²) in [6.07, 6.45) is 5.33. The number of hydrogen-bond acceptors (Lipinski definition) is 2. The Kier molecular flexibility index (Phi) is 5.77. The molecule has 16 heavy (non-hydrogen) atoms. The van der Waals surface area contributed by atoms with Crippen LogP contribution < -0.4 is 10.6 Å². The fourth-order valence-corrected chi connectivity index (χ4v) is 2.88. The van der Waals surface area contributed by atoms with Gasteiger partial charge in [-0.05, 0) is 50.1 Å². The van der Waals surface area contributed by atoms with E-state index in [-0.39, 0.29) is 0 Å². The number of nitrogens with one attached hydrogen (secondary N) is 2. The summed E-state index contributed by atoms with van der Waals surface area (Å²) in [5.41, 5.74) is 0.442. The maximum absolute atomic E-state index is 3.62. The van der Waals surface area contributed by atoms with E-state index in [2.05, 4.69) is 38.3 Å². The molecule has 1 fully saturated rings. The van der Waals surface area contributed by atoms with Crippen LogP contribution in [0.15, 0.2) is 0 Å². The van der Waals surface area contributed by atoms with E-state index in [1.165, 1.54) is 38.8 Å². The van der Waals surface area contributed by atoms with E-state index in [1.54, 1.807) is 0 Å². The molecule has 2 nitrogen and oxygen atoms in total. The zero-order valence-corrected chi connectivity index (χ0v) is 11.6. The van der Waals surface area contributed by atoms with Gasteiger partial charge in [-0.25, -0.2) is 0 Å². The molecule has 0 aromatic rings. The van der Waals surface area contributed by atoms with Crippen molar-refractivity contribution in [3.05, 3.63) is 0 Å². The maximum atomic E-state index is 3.62. The van der Waals surface area contributed by atoms with Gasteiger partial charge >= 0.3 is 0 Å². The first-order valence-corrected chi connectivity index (χ1v) is 6.94. The minimum absolute atomic E-state index is 0.442. The van der Waals surface area contributed by atoms with E-state index >= 15 is 0 Å². The number of hydrogen-bond donors (Lipinski definition) is 2. The van der Waals surface area contributed by atoms with E-state index in [9.17, 15) is 0 Å². The summed E-state index contributed by atoms with van der Waals surface area (Å²) in [7, 11) is 0. The zero-order valence-electron chi connectivity index (χ0n) is 11.6. The lowest BCUT2D eigenvalue weighted by Gasteiger charge is -2.27. The highest BCUT2D eigenvalue weighted by Gasteiger charge is 2.19. The zero-order chi connectivity index (χ0) is 12.0. The molecular weight excluding hydrogens is 196 g/mol. The predicted octanol–water partition coefficient (Wildman–Crippen LogP) is 2.79. The molecule has 0 bridgehead atoms. The second-order valence-electron chi connectivity index (χ2n) is 6.52. The van der Waals surface area contributed by atoms with Gasteiger partial charge in [0.1, 0.15) is 0 Å². The van der Waals surface area contributed by atoms with E-state index in [4.69, 9.17) is 0 Å². The van der Waals surface area contributed by atoms with E-state index < -0.39 is 0 Å². The van der Waals surface area contributed by atoms with Crippen LogP contribution in [0.2, 0.25) is 0 Å². The molecule has 1 saturated heterocycles. The van der Waals surface area contributed by atoms with Gasteiger partial charge in [-0.1, -0.05) is 27.7 Å². The Morgan fingerprint density at radius 1 is 1.38 bits per heavy atom. The summed E-state index contributed by atoms with van der Waals surface area (Å²) in [6.45, 7) is 12.9. The lowest BCUT2D eigenvalue weighted by molar-refractivity contribution is 0.272. The third-order valence-corrected chi connectivity index (χ3v) is 3.40. The molecule has 0 saturated carbocycles. The maximum Gasteiger partial charge on any atom is 0.00796 e. The minimum atomic E-state index is 0.442. The largest absolute Gasteiger partial charge is 0.316 e. The first-order valence-electron chi connectivity index (χ1n) is 6.94. The van der Waals surface area contributed by atoms with Crippen molar-refractivity contribution in [2.45, 2.75) is 59.4 Å². The lowest BCUT2D eigenvalue weighted by Crippen LogP contribution is -2.33. The summed E-state index contributed by atoms with van der Waals surface area (Å²) in [5.74, 6) is 0.799. The SMILES string of the molecule is CC(C)CC(C)(C)CNCCC1CCCN1. The molecule has 1 rings (SSSR count). The Bertz CT molecular complexity index is 181. The van der Waals surface area contributed by atoms with Crippen LogP contribution in [0.1, 0.15) is 53.4 Å². The highest BCUT2D eigenvalue weighted by Crippen LogP contribution is 2.24. The average molecular weight is 226 g/mol. The second-order valence-corrected chi connectivity index (χ2v) is 6.52. The molecule has 2 N–H and O–H groups in total. The fraction of sp³-hybridized carbons (Fsp3) is 1.00. The van der Waals surface area contributed by atoms with Crippen molar-refractivity contribution in [1.29, 1.82) is 0 Å². The third kappa shape index (κ3) is 5.86. The van der Waals surface area contributed by atoms with Crippen LogP contribution in [0.5, 0.6) is 0 Å². The quantitative estimate of drug-likeness (QED) is 0.652. The molecule has 96 valence electrons. The van der Waals surface area contributed by atoms with Gasteiger partial charge in [0, 0.05) is 12.6 Å². The molecule has 0 radical (unpaired) electrons. The van der Waals surface area contributed by atoms with Crippen LogP contribution in [0.3, 0.4) is 0 Å². The summed E-state index contributed by atoms with van der Waals surface area (Å²) in [5, 5.41) is 7.16. The van der Waals surface area contributed by atoms with Gasteiger partial charge in [0.15, 0.2) is 0 Å². The molecule has 0 aromatic heterocycles. The van der Waals surface area contributed by atoms with Gasteiger partial charge in [0.25, 0.3) is 0 Å². The molecule has 0 amide bonds. The van der Waals surface area contributed by atoms with Crippen molar-refractivity contribution >= 4 is 0 Å². The first-order chi connectivity index (χ1) is 7.49. The molecule has 2 heteroatoms. The van der Waals surface area contributed by atoms with Gasteiger partial charge in [0.2, 0.25) is 0 Å². The second kappa shape index (κ2) is 6.61. The molecule has 1 aliphatic rings. The van der Waals surface area contributed by atoms with Crippen LogP contribution in [0, 0.1) is 11.3 Å². The lowest BCUT2D eigenvalue weighted by atomic mass is 9.84. The molecule has 1 heterocycles. The summed E-state index contributed by atoms with van der Waals surface area (Å²) >= 11 is 0. The topological polar surface area (TPSA) is 24.1 Å². The van der Waals surface area contributed by atoms with E-state index in [0.717, 1.165) is 18.5 Å². The van der Waals surface area contributed by atoms with Crippen LogP contribution >= 0.6 is 0 Å².